The lowest BCUT2D eigenvalue weighted by molar-refractivity contribution is -0.130. The number of nitrogens with two attached hydrogens (primary N) is 1. The molecule has 0 heterocycles. The van der Waals surface area contributed by atoms with Crippen LogP contribution in [0, 0.1) is 0 Å². The molecule has 1 unspecified atom stereocenters. The third kappa shape index (κ3) is 6.82. The molecule has 0 radical (unpaired) electrons. The Morgan fingerprint density at radius 2 is 2.21 bits per heavy atom. The van der Waals surface area contributed by atoms with Gasteiger partial charge in [-0.25, -0.2) is 0 Å². The van der Waals surface area contributed by atoms with Gasteiger partial charge in [0.1, 0.15) is 6.10 Å². The standard InChI is InChI=1S/C9H20N2O3/c1-8(13-2)9(12)11-5-3-6-14-7-4-10/h8H,3-7,10H2,1-2H3,(H,11,12). The first-order valence-corrected chi connectivity index (χ1v) is 4.80. The number of hydrogen-bond acceptors (Lipinski definition) is 4. The fraction of sp³-hybridized carbons (Fsp3) is 0.889. The molecule has 3 N–H and O–H groups in total. The van der Waals surface area contributed by atoms with Crippen molar-refractivity contribution in [2.45, 2.75) is 19.4 Å². The van der Waals surface area contributed by atoms with Gasteiger partial charge in [0.25, 0.3) is 0 Å². The first kappa shape index (κ1) is 13.4. The van der Waals surface area contributed by atoms with Crippen molar-refractivity contribution in [3.8, 4) is 0 Å². The van der Waals surface area contributed by atoms with Crippen LogP contribution in [0.25, 0.3) is 0 Å². The number of carbonyl (C=O) groups is 1. The Bertz CT molecular complexity index is 153. The summed E-state index contributed by atoms with van der Waals surface area (Å²) in [5, 5.41) is 2.74. The van der Waals surface area contributed by atoms with Gasteiger partial charge in [-0.15, -0.1) is 0 Å². The van der Waals surface area contributed by atoms with Crippen molar-refractivity contribution in [2.24, 2.45) is 5.73 Å². The zero-order chi connectivity index (χ0) is 10.8. The van der Waals surface area contributed by atoms with Gasteiger partial charge in [0.2, 0.25) is 5.91 Å². The molecule has 84 valence electrons. The van der Waals surface area contributed by atoms with Crippen molar-refractivity contribution in [3.05, 3.63) is 0 Å². The number of ether oxygens (including phenoxy) is 2. The summed E-state index contributed by atoms with van der Waals surface area (Å²) >= 11 is 0. The van der Waals surface area contributed by atoms with Crippen LogP contribution in [-0.2, 0) is 14.3 Å². The molecule has 0 bridgehead atoms. The van der Waals surface area contributed by atoms with Gasteiger partial charge in [0.05, 0.1) is 6.61 Å². The Morgan fingerprint density at radius 1 is 1.50 bits per heavy atom. The molecule has 0 aromatic rings. The van der Waals surface area contributed by atoms with Crippen LogP contribution in [0.3, 0.4) is 0 Å². The number of carbonyl (C=O) groups excluding carboxylic acids is 1. The Balaban J connectivity index is 3.23. The van der Waals surface area contributed by atoms with E-state index in [1.807, 2.05) is 0 Å². The minimum absolute atomic E-state index is 0.0914. The summed E-state index contributed by atoms with van der Waals surface area (Å²) in [4.78, 5) is 11.2. The Hall–Kier alpha value is -0.650. The lowest BCUT2D eigenvalue weighted by Gasteiger charge is -2.10. The minimum Gasteiger partial charge on any atom is -0.380 e. The normalized spacial score (nSPS) is 12.5. The molecule has 0 fully saturated rings. The second kappa shape index (κ2) is 8.93. The largest absolute Gasteiger partial charge is 0.380 e. The van der Waals surface area contributed by atoms with E-state index < -0.39 is 0 Å². The van der Waals surface area contributed by atoms with E-state index in [4.69, 9.17) is 15.2 Å². The van der Waals surface area contributed by atoms with Gasteiger partial charge < -0.3 is 20.5 Å². The molecule has 5 nitrogen and oxygen atoms in total. The van der Waals surface area contributed by atoms with E-state index in [0.717, 1.165) is 6.42 Å². The van der Waals surface area contributed by atoms with Gasteiger partial charge in [-0.05, 0) is 13.3 Å². The number of amides is 1. The van der Waals surface area contributed by atoms with E-state index >= 15 is 0 Å². The number of rotatable bonds is 8. The molecule has 14 heavy (non-hydrogen) atoms. The van der Waals surface area contributed by atoms with Crippen molar-refractivity contribution in [1.29, 1.82) is 0 Å². The molecule has 0 spiro atoms. The summed E-state index contributed by atoms with van der Waals surface area (Å²) in [5.74, 6) is -0.0914. The van der Waals surface area contributed by atoms with Crippen molar-refractivity contribution in [2.75, 3.05) is 33.4 Å². The summed E-state index contributed by atoms with van der Waals surface area (Å²) in [6.07, 6.45) is 0.405. The third-order valence-corrected chi connectivity index (χ3v) is 1.75. The van der Waals surface area contributed by atoms with E-state index in [1.165, 1.54) is 7.11 Å². The molecule has 1 amide bonds. The molecule has 0 aromatic carbocycles. The zero-order valence-corrected chi connectivity index (χ0v) is 8.91. The molecule has 0 aliphatic rings. The maximum absolute atomic E-state index is 11.2. The van der Waals surface area contributed by atoms with Gasteiger partial charge in [0.15, 0.2) is 0 Å². The summed E-state index contributed by atoms with van der Waals surface area (Å²) in [6, 6.07) is 0. The van der Waals surface area contributed by atoms with Crippen LogP contribution in [0.15, 0.2) is 0 Å². The highest BCUT2D eigenvalue weighted by molar-refractivity contribution is 5.80. The van der Waals surface area contributed by atoms with Gasteiger partial charge >= 0.3 is 0 Å². The predicted octanol–water partition coefficient (Wildman–Crippen LogP) is -0.497. The molecule has 0 saturated heterocycles. The predicted molar refractivity (Wildman–Crippen MR) is 54.0 cm³/mol. The lowest BCUT2D eigenvalue weighted by Crippen LogP contribution is -2.34. The van der Waals surface area contributed by atoms with Gasteiger partial charge in [-0.2, -0.15) is 0 Å². The second-order valence-corrected chi connectivity index (χ2v) is 2.92. The summed E-state index contributed by atoms with van der Waals surface area (Å²) in [7, 11) is 1.51. The molecule has 0 aromatic heterocycles. The van der Waals surface area contributed by atoms with Crippen LogP contribution in [0.4, 0.5) is 0 Å². The molecular weight excluding hydrogens is 184 g/mol. The highest BCUT2D eigenvalue weighted by Crippen LogP contribution is 1.87. The van der Waals surface area contributed by atoms with Gasteiger partial charge in [-0.3, -0.25) is 4.79 Å². The topological polar surface area (TPSA) is 73.6 Å². The van der Waals surface area contributed by atoms with Crippen LogP contribution >= 0.6 is 0 Å². The van der Waals surface area contributed by atoms with Crippen LogP contribution in [0.2, 0.25) is 0 Å². The highest BCUT2D eigenvalue weighted by atomic mass is 16.5. The van der Waals surface area contributed by atoms with Crippen LogP contribution in [0.1, 0.15) is 13.3 Å². The van der Waals surface area contributed by atoms with E-state index in [1.54, 1.807) is 6.92 Å². The second-order valence-electron chi connectivity index (χ2n) is 2.92. The molecule has 0 aliphatic carbocycles. The van der Waals surface area contributed by atoms with Crippen molar-refractivity contribution >= 4 is 5.91 Å². The van der Waals surface area contributed by atoms with E-state index in [2.05, 4.69) is 5.32 Å². The van der Waals surface area contributed by atoms with Crippen molar-refractivity contribution in [1.82, 2.24) is 5.32 Å². The molecule has 5 heteroatoms. The van der Waals surface area contributed by atoms with E-state index in [9.17, 15) is 4.79 Å². The summed E-state index contributed by atoms with van der Waals surface area (Å²) < 4.78 is 9.99. The fourth-order valence-electron chi connectivity index (χ4n) is 0.822. The van der Waals surface area contributed by atoms with Gasteiger partial charge in [-0.1, -0.05) is 0 Å². The molecule has 0 aliphatic heterocycles. The summed E-state index contributed by atoms with van der Waals surface area (Å²) in [5.41, 5.74) is 5.24. The number of nitrogens with one attached hydrogen (secondary N) is 1. The molecule has 1 atom stereocenters. The fourth-order valence-corrected chi connectivity index (χ4v) is 0.822. The smallest absolute Gasteiger partial charge is 0.248 e. The Morgan fingerprint density at radius 3 is 2.79 bits per heavy atom. The average Bonchev–Trinajstić information content (AvgIpc) is 2.21. The quantitative estimate of drug-likeness (QED) is 0.523. The van der Waals surface area contributed by atoms with Crippen molar-refractivity contribution < 1.29 is 14.3 Å². The van der Waals surface area contributed by atoms with Crippen LogP contribution < -0.4 is 11.1 Å². The van der Waals surface area contributed by atoms with E-state index in [0.29, 0.717) is 26.3 Å². The average molecular weight is 204 g/mol. The summed E-state index contributed by atoms with van der Waals surface area (Å²) in [6.45, 7) is 4.05. The zero-order valence-electron chi connectivity index (χ0n) is 8.91. The maximum atomic E-state index is 11.2. The lowest BCUT2D eigenvalue weighted by atomic mass is 10.3. The highest BCUT2D eigenvalue weighted by Gasteiger charge is 2.09. The first-order valence-electron chi connectivity index (χ1n) is 4.80. The van der Waals surface area contributed by atoms with Crippen LogP contribution in [0.5, 0.6) is 0 Å². The maximum Gasteiger partial charge on any atom is 0.248 e. The van der Waals surface area contributed by atoms with E-state index in [-0.39, 0.29) is 12.0 Å². The number of hydrogen-bond donors (Lipinski definition) is 2. The van der Waals surface area contributed by atoms with Crippen molar-refractivity contribution in [3.63, 3.8) is 0 Å². The Kier molecular flexibility index (Phi) is 8.51. The van der Waals surface area contributed by atoms with Gasteiger partial charge in [0, 0.05) is 26.8 Å². The monoisotopic (exact) mass is 204 g/mol. The first-order chi connectivity index (χ1) is 6.72. The van der Waals surface area contributed by atoms with Crippen LogP contribution in [-0.4, -0.2) is 45.4 Å². The molecule has 0 rings (SSSR count). The molecular formula is C9H20N2O3. The third-order valence-electron chi connectivity index (χ3n) is 1.75. The molecule has 0 saturated carbocycles. The number of methoxy groups -OCH3 is 1. The Labute approximate surface area is 84.9 Å². The SMILES string of the molecule is COC(C)C(=O)NCCCOCCN. The minimum atomic E-state index is -0.389.